The van der Waals surface area contributed by atoms with E-state index in [0.717, 1.165) is 12.1 Å². The van der Waals surface area contributed by atoms with E-state index in [1.807, 2.05) is 19.2 Å². The molecule has 2 heteroatoms. The van der Waals surface area contributed by atoms with Crippen LogP contribution in [0, 0.1) is 6.92 Å². The Hall–Kier alpha value is -1.31. The molecular weight excluding hydrogens is 162 g/mol. The van der Waals surface area contributed by atoms with Gasteiger partial charge >= 0.3 is 0 Å². The van der Waals surface area contributed by atoms with E-state index in [-0.39, 0.29) is 11.8 Å². The first kappa shape index (κ1) is 8.30. The summed E-state index contributed by atoms with van der Waals surface area (Å²) in [6.45, 7) is 2.92. The smallest absolute Gasteiger partial charge is 0.231 e. The van der Waals surface area contributed by atoms with E-state index in [9.17, 15) is 4.79 Å². The molecular formula is C11H13NO. The van der Waals surface area contributed by atoms with Crippen molar-refractivity contribution in [1.82, 2.24) is 4.90 Å². The van der Waals surface area contributed by atoms with Gasteiger partial charge in [0.2, 0.25) is 5.91 Å². The van der Waals surface area contributed by atoms with Gasteiger partial charge in [-0.2, -0.15) is 0 Å². The van der Waals surface area contributed by atoms with Gasteiger partial charge in [-0.25, -0.2) is 0 Å². The van der Waals surface area contributed by atoms with E-state index in [2.05, 4.69) is 19.1 Å². The Labute approximate surface area is 78.2 Å². The van der Waals surface area contributed by atoms with Crippen molar-refractivity contribution in [2.24, 2.45) is 0 Å². The van der Waals surface area contributed by atoms with E-state index in [0.29, 0.717) is 0 Å². The van der Waals surface area contributed by atoms with Gasteiger partial charge in [-0.3, -0.25) is 4.79 Å². The van der Waals surface area contributed by atoms with Crippen LogP contribution in [-0.2, 0) is 4.79 Å². The van der Waals surface area contributed by atoms with Crippen molar-refractivity contribution in [3.63, 3.8) is 0 Å². The third-order valence-electron chi connectivity index (χ3n) is 2.61. The van der Waals surface area contributed by atoms with E-state index in [4.69, 9.17) is 0 Å². The van der Waals surface area contributed by atoms with Crippen molar-refractivity contribution in [2.75, 3.05) is 13.6 Å². The molecule has 0 spiro atoms. The lowest BCUT2D eigenvalue weighted by Crippen LogP contribution is -2.47. The van der Waals surface area contributed by atoms with Gasteiger partial charge in [0, 0.05) is 13.6 Å². The van der Waals surface area contributed by atoms with Gasteiger partial charge < -0.3 is 4.90 Å². The summed E-state index contributed by atoms with van der Waals surface area (Å²) in [7, 11) is 1.84. The average molecular weight is 175 g/mol. The summed E-state index contributed by atoms with van der Waals surface area (Å²) in [4.78, 5) is 13.1. The molecule has 1 aliphatic rings. The summed E-state index contributed by atoms with van der Waals surface area (Å²) in [6, 6.07) is 8.21. The minimum atomic E-state index is 0.116. The van der Waals surface area contributed by atoms with E-state index in [1.54, 1.807) is 4.90 Å². The Morgan fingerprint density at radius 1 is 1.31 bits per heavy atom. The minimum Gasteiger partial charge on any atom is -0.344 e. The van der Waals surface area contributed by atoms with Crippen molar-refractivity contribution >= 4 is 5.91 Å². The van der Waals surface area contributed by atoms with Crippen molar-refractivity contribution in [3.05, 3.63) is 35.4 Å². The first-order valence-corrected chi connectivity index (χ1v) is 4.50. The monoisotopic (exact) mass is 175 g/mol. The number of likely N-dealkylation sites (tertiary alicyclic amines) is 1. The molecule has 0 radical (unpaired) electrons. The number of amides is 1. The first-order chi connectivity index (χ1) is 6.18. The van der Waals surface area contributed by atoms with Gasteiger partial charge in [0.05, 0.1) is 5.92 Å². The number of hydrogen-bond donors (Lipinski definition) is 0. The van der Waals surface area contributed by atoms with Crippen LogP contribution in [-0.4, -0.2) is 24.4 Å². The minimum absolute atomic E-state index is 0.116. The van der Waals surface area contributed by atoms with Crippen LogP contribution in [0.15, 0.2) is 24.3 Å². The second kappa shape index (κ2) is 2.87. The van der Waals surface area contributed by atoms with Crippen LogP contribution in [0.4, 0.5) is 0 Å². The fourth-order valence-electron chi connectivity index (χ4n) is 1.64. The van der Waals surface area contributed by atoms with E-state index < -0.39 is 0 Å². The highest BCUT2D eigenvalue weighted by Gasteiger charge is 2.34. The molecule has 1 fully saturated rings. The van der Waals surface area contributed by atoms with Crippen LogP contribution >= 0.6 is 0 Å². The number of nitrogens with zero attached hydrogens (tertiary/aromatic N) is 1. The van der Waals surface area contributed by atoms with Crippen molar-refractivity contribution in [1.29, 1.82) is 0 Å². The first-order valence-electron chi connectivity index (χ1n) is 4.50. The molecule has 1 aromatic rings. The quantitative estimate of drug-likeness (QED) is 0.593. The molecule has 2 nitrogen and oxygen atoms in total. The Bertz CT molecular complexity index is 328. The number of aryl methyl sites for hydroxylation is 1. The molecule has 1 atom stereocenters. The maximum absolute atomic E-state index is 11.4. The lowest BCUT2D eigenvalue weighted by Gasteiger charge is -2.35. The standard InChI is InChI=1S/C11H13NO/c1-8-3-5-9(6-4-8)10-7-12(2)11(10)13/h3-6,10H,7H2,1-2H3. The van der Waals surface area contributed by atoms with Gasteiger partial charge in [-0.15, -0.1) is 0 Å². The maximum atomic E-state index is 11.4. The molecule has 0 N–H and O–H groups in total. The Balaban J connectivity index is 2.19. The summed E-state index contributed by atoms with van der Waals surface area (Å²) in [5.74, 6) is 0.356. The van der Waals surface area contributed by atoms with Crippen molar-refractivity contribution in [2.45, 2.75) is 12.8 Å². The molecule has 1 heterocycles. The fraction of sp³-hybridized carbons (Fsp3) is 0.364. The van der Waals surface area contributed by atoms with Crippen LogP contribution < -0.4 is 0 Å². The number of carbonyl (C=O) groups is 1. The van der Waals surface area contributed by atoms with Crippen LogP contribution in [0.25, 0.3) is 0 Å². The third-order valence-corrected chi connectivity index (χ3v) is 2.61. The predicted octanol–water partition coefficient (Wildman–Crippen LogP) is 1.55. The molecule has 0 saturated carbocycles. The molecule has 13 heavy (non-hydrogen) atoms. The van der Waals surface area contributed by atoms with Crippen LogP contribution in [0.5, 0.6) is 0 Å². The zero-order valence-corrected chi connectivity index (χ0v) is 7.95. The van der Waals surface area contributed by atoms with Gasteiger partial charge in [0.15, 0.2) is 0 Å². The lowest BCUT2D eigenvalue weighted by atomic mass is 9.90. The number of β-lactam (4-membered cyclic amide) rings is 1. The lowest BCUT2D eigenvalue weighted by molar-refractivity contribution is -0.140. The molecule has 68 valence electrons. The van der Waals surface area contributed by atoms with Crippen LogP contribution in [0.2, 0.25) is 0 Å². The van der Waals surface area contributed by atoms with Crippen LogP contribution in [0.1, 0.15) is 17.0 Å². The molecule has 0 aliphatic carbocycles. The molecule has 0 bridgehead atoms. The van der Waals surface area contributed by atoms with E-state index >= 15 is 0 Å². The highest BCUT2D eigenvalue weighted by atomic mass is 16.2. The zero-order valence-electron chi connectivity index (χ0n) is 7.95. The fourth-order valence-corrected chi connectivity index (χ4v) is 1.64. The zero-order chi connectivity index (χ0) is 9.42. The largest absolute Gasteiger partial charge is 0.344 e. The Morgan fingerprint density at radius 3 is 2.38 bits per heavy atom. The number of rotatable bonds is 1. The number of benzene rings is 1. The van der Waals surface area contributed by atoms with Crippen molar-refractivity contribution in [3.8, 4) is 0 Å². The topological polar surface area (TPSA) is 20.3 Å². The second-order valence-electron chi connectivity index (χ2n) is 3.68. The van der Waals surface area contributed by atoms with Gasteiger partial charge in [0.1, 0.15) is 0 Å². The Morgan fingerprint density at radius 2 is 1.92 bits per heavy atom. The molecule has 1 amide bonds. The molecule has 0 aromatic heterocycles. The van der Waals surface area contributed by atoms with Crippen molar-refractivity contribution < 1.29 is 4.79 Å². The summed E-state index contributed by atoms with van der Waals surface area (Å²) in [5.41, 5.74) is 2.39. The summed E-state index contributed by atoms with van der Waals surface area (Å²) >= 11 is 0. The SMILES string of the molecule is Cc1ccc(C2CN(C)C2=O)cc1. The van der Waals surface area contributed by atoms with E-state index in [1.165, 1.54) is 5.56 Å². The second-order valence-corrected chi connectivity index (χ2v) is 3.68. The molecule has 1 unspecified atom stereocenters. The Kier molecular flexibility index (Phi) is 1.83. The summed E-state index contributed by atoms with van der Waals surface area (Å²) in [6.07, 6.45) is 0. The molecule has 1 aliphatic heterocycles. The van der Waals surface area contributed by atoms with Crippen LogP contribution in [0.3, 0.4) is 0 Å². The van der Waals surface area contributed by atoms with Gasteiger partial charge in [-0.1, -0.05) is 29.8 Å². The number of carbonyl (C=O) groups excluding carboxylic acids is 1. The summed E-state index contributed by atoms with van der Waals surface area (Å²) in [5, 5.41) is 0. The van der Waals surface area contributed by atoms with Gasteiger partial charge in [-0.05, 0) is 12.5 Å². The molecule has 2 rings (SSSR count). The number of likely N-dealkylation sites (N-methyl/N-ethyl adjacent to an activating group) is 1. The summed E-state index contributed by atoms with van der Waals surface area (Å²) < 4.78 is 0. The highest BCUT2D eigenvalue weighted by molar-refractivity contribution is 5.89. The number of hydrogen-bond acceptors (Lipinski definition) is 1. The maximum Gasteiger partial charge on any atom is 0.231 e. The predicted molar refractivity (Wildman–Crippen MR) is 51.6 cm³/mol. The average Bonchev–Trinajstić information content (AvgIpc) is 2.15. The third kappa shape index (κ3) is 1.32. The normalized spacial score (nSPS) is 21.5. The molecule has 1 aromatic carbocycles. The van der Waals surface area contributed by atoms with Gasteiger partial charge in [0.25, 0.3) is 0 Å². The highest BCUT2D eigenvalue weighted by Crippen LogP contribution is 2.26. The molecule has 1 saturated heterocycles.